The maximum absolute atomic E-state index is 13.2. The zero-order valence-corrected chi connectivity index (χ0v) is 21.0. The van der Waals surface area contributed by atoms with Gasteiger partial charge in [-0.2, -0.15) is 0 Å². The van der Waals surface area contributed by atoms with E-state index in [0.29, 0.717) is 28.4 Å². The lowest BCUT2D eigenvalue weighted by Gasteiger charge is -2.55. The summed E-state index contributed by atoms with van der Waals surface area (Å²) in [5, 5.41) is 15.5. The van der Waals surface area contributed by atoms with Gasteiger partial charge in [-0.3, -0.25) is 4.79 Å². The van der Waals surface area contributed by atoms with Crippen molar-refractivity contribution in [3.8, 4) is 0 Å². The highest BCUT2D eigenvalue weighted by molar-refractivity contribution is 7.90. The van der Waals surface area contributed by atoms with Gasteiger partial charge in [-0.05, 0) is 99.2 Å². The van der Waals surface area contributed by atoms with Crippen LogP contribution in [0.4, 0.5) is 5.69 Å². The molecule has 10 heteroatoms. The monoisotopic (exact) mass is 504 g/mol. The highest BCUT2D eigenvalue weighted by atomic mass is 32.2. The van der Waals surface area contributed by atoms with Crippen molar-refractivity contribution < 1.29 is 13.2 Å². The van der Waals surface area contributed by atoms with Gasteiger partial charge in [-0.25, -0.2) is 8.42 Å². The van der Waals surface area contributed by atoms with Crippen LogP contribution in [0.5, 0.6) is 0 Å². The Bertz CT molecular complexity index is 1140. The molecular weight excluding hydrogens is 476 g/mol. The molecule has 7 nitrogen and oxygen atoms in total. The van der Waals surface area contributed by atoms with Gasteiger partial charge in [0.1, 0.15) is 15.8 Å². The Labute approximate surface area is 203 Å². The van der Waals surface area contributed by atoms with Gasteiger partial charge >= 0.3 is 0 Å². The number of carbonyl (C=O) groups is 1. The number of nitrogens with zero attached hydrogens (tertiary/aromatic N) is 2. The van der Waals surface area contributed by atoms with E-state index in [1.807, 2.05) is 6.92 Å². The molecule has 1 aromatic heterocycles. The molecule has 6 rings (SSSR count). The summed E-state index contributed by atoms with van der Waals surface area (Å²) in [6, 6.07) is 6.41. The molecule has 0 spiro atoms. The molecule has 4 aliphatic carbocycles. The zero-order chi connectivity index (χ0) is 23.2. The van der Waals surface area contributed by atoms with Crippen LogP contribution in [0.3, 0.4) is 0 Å². The Morgan fingerprint density at radius 1 is 1.06 bits per heavy atom. The molecule has 0 saturated heterocycles. The second-order valence-electron chi connectivity index (χ2n) is 9.83. The molecule has 0 radical (unpaired) electrons. The van der Waals surface area contributed by atoms with Crippen LogP contribution in [0, 0.1) is 23.2 Å². The van der Waals surface area contributed by atoms with Gasteiger partial charge in [-0.15, -0.1) is 21.5 Å². The fourth-order valence-corrected chi connectivity index (χ4v) is 8.86. The van der Waals surface area contributed by atoms with Crippen LogP contribution in [0.25, 0.3) is 0 Å². The lowest BCUT2D eigenvalue weighted by molar-refractivity contribution is -0.144. The van der Waals surface area contributed by atoms with Crippen LogP contribution in [-0.4, -0.2) is 29.6 Å². The van der Waals surface area contributed by atoms with Crippen molar-refractivity contribution in [2.24, 2.45) is 23.2 Å². The van der Waals surface area contributed by atoms with E-state index < -0.39 is 9.84 Å². The van der Waals surface area contributed by atoms with Crippen molar-refractivity contribution in [2.75, 3.05) is 5.32 Å². The second-order valence-corrected chi connectivity index (χ2v) is 13.4. The molecule has 4 saturated carbocycles. The molecule has 4 aliphatic rings. The van der Waals surface area contributed by atoms with Gasteiger partial charge in [0, 0.05) is 5.69 Å². The van der Waals surface area contributed by atoms with E-state index in [4.69, 9.17) is 12.2 Å². The van der Waals surface area contributed by atoms with Crippen molar-refractivity contribution in [1.29, 1.82) is 0 Å². The van der Waals surface area contributed by atoms with Crippen molar-refractivity contribution in [2.45, 2.75) is 62.5 Å². The number of rotatable bonds is 6. The van der Waals surface area contributed by atoms with Crippen molar-refractivity contribution in [3.63, 3.8) is 0 Å². The first kappa shape index (κ1) is 22.9. The smallest absolute Gasteiger partial charge is 0.232 e. The summed E-state index contributed by atoms with van der Waals surface area (Å²) in [7, 11) is -3.52. The number of carbonyl (C=O) groups excluding carboxylic acids is 1. The standard InChI is InChI=1S/C23H28N4O3S3/c1-2-19-26-27-20(32-19)13-33(29,30)18-5-3-17(4-6-18)24-22(31)25-21(28)23-10-14-7-15(11-23)9-16(8-14)12-23/h3-6,14-16H,2,7-13H2,1H3,(H2,24,25,28,31). The zero-order valence-electron chi connectivity index (χ0n) is 18.5. The maximum atomic E-state index is 13.2. The SMILES string of the molecule is CCc1nnc(CS(=O)(=O)c2ccc(NC(=S)NC(=O)C34CC5CC(CC(C5)C3)C4)cc2)s1. The molecule has 0 atom stereocenters. The molecule has 4 bridgehead atoms. The normalized spacial score (nSPS) is 28.0. The van der Waals surface area contributed by atoms with E-state index in [-0.39, 0.29) is 27.1 Å². The first-order valence-electron chi connectivity index (χ1n) is 11.5. The summed E-state index contributed by atoms with van der Waals surface area (Å²) < 4.78 is 25.4. The number of amides is 1. The summed E-state index contributed by atoms with van der Waals surface area (Å²) in [6.45, 7) is 1.96. The minimum absolute atomic E-state index is 0.0433. The summed E-state index contributed by atoms with van der Waals surface area (Å²) in [6.07, 6.45) is 7.52. The molecule has 1 aromatic carbocycles. The third-order valence-electron chi connectivity index (χ3n) is 7.34. The van der Waals surface area contributed by atoms with E-state index >= 15 is 0 Å². The van der Waals surface area contributed by atoms with Crippen LogP contribution >= 0.6 is 23.6 Å². The van der Waals surface area contributed by atoms with Gasteiger partial charge < -0.3 is 10.6 Å². The predicted molar refractivity (Wildman–Crippen MR) is 132 cm³/mol. The van der Waals surface area contributed by atoms with Gasteiger partial charge in [0.2, 0.25) is 5.91 Å². The first-order chi connectivity index (χ1) is 15.7. The summed E-state index contributed by atoms with van der Waals surface area (Å²) in [5.74, 6) is 1.93. The van der Waals surface area contributed by atoms with E-state index in [2.05, 4.69) is 20.8 Å². The Morgan fingerprint density at radius 2 is 1.64 bits per heavy atom. The lowest BCUT2D eigenvalue weighted by atomic mass is 9.49. The molecule has 4 fully saturated rings. The van der Waals surface area contributed by atoms with Crippen molar-refractivity contribution >= 4 is 50.1 Å². The van der Waals surface area contributed by atoms with E-state index in [0.717, 1.165) is 30.7 Å². The summed E-state index contributed by atoms with van der Waals surface area (Å²) >= 11 is 6.72. The fraction of sp³-hybridized carbons (Fsp3) is 0.565. The number of hydrogen-bond donors (Lipinski definition) is 2. The molecule has 33 heavy (non-hydrogen) atoms. The summed E-state index contributed by atoms with van der Waals surface area (Å²) in [4.78, 5) is 13.4. The minimum atomic E-state index is -3.52. The number of hydrogen-bond acceptors (Lipinski definition) is 7. The van der Waals surface area contributed by atoms with Crippen molar-refractivity contribution in [1.82, 2.24) is 15.5 Å². The Hall–Kier alpha value is -1.91. The lowest BCUT2D eigenvalue weighted by Crippen LogP contribution is -2.55. The first-order valence-corrected chi connectivity index (χ1v) is 14.4. The Kier molecular flexibility index (Phi) is 6.03. The van der Waals surface area contributed by atoms with Crippen molar-refractivity contribution in [3.05, 3.63) is 34.3 Å². The van der Waals surface area contributed by atoms with E-state index in [9.17, 15) is 13.2 Å². The number of thiocarbonyl (C=S) groups is 1. The largest absolute Gasteiger partial charge is 0.332 e. The highest BCUT2D eigenvalue weighted by Gasteiger charge is 2.54. The van der Waals surface area contributed by atoms with Crippen LogP contribution in [0.2, 0.25) is 0 Å². The van der Waals surface area contributed by atoms with Crippen LogP contribution in [0.15, 0.2) is 29.2 Å². The van der Waals surface area contributed by atoms with Crippen LogP contribution in [0.1, 0.15) is 55.5 Å². The molecule has 1 heterocycles. The second kappa shape index (κ2) is 8.70. The highest BCUT2D eigenvalue weighted by Crippen LogP contribution is 2.60. The molecule has 0 aliphatic heterocycles. The quantitative estimate of drug-likeness (QED) is 0.571. The number of nitrogens with one attached hydrogen (secondary N) is 2. The molecule has 0 unspecified atom stereocenters. The van der Waals surface area contributed by atoms with Crippen LogP contribution < -0.4 is 10.6 Å². The van der Waals surface area contributed by atoms with Gasteiger partial charge in [0.25, 0.3) is 0 Å². The average molecular weight is 505 g/mol. The summed E-state index contributed by atoms with van der Waals surface area (Å²) in [5.41, 5.74) is 0.370. The third kappa shape index (κ3) is 4.70. The average Bonchev–Trinajstić information content (AvgIpc) is 3.20. The molecule has 1 amide bonds. The molecule has 176 valence electrons. The van der Waals surface area contributed by atoms with Gasteiger partial charge in [0.15, 0.2) is 14.9 Å². The minimum Gasteiger partial charge on any atom is -0.332 e. The number of sulfone groups is 1. The molecule has 2 N–H and O–H groups in total. The number of benzene rings is 1. The predicted octanol–water partition coefficient (Wildman–Crippen LogP) is 4.10. The number of anilines is 1. The Morgan fingerprint density at radius 3 is 2.18 bits per heavy atom. The maximum Gasteiger partial charge on any atom is 0.232 e. The van der Waals surface area contributed by atoms with Crippen LogP contribution in [-0.2, 0) is 26.8 Å². The Balaban J connectivity index is 1.19. The number of aromatic nitrogens is 2. The topological polar surface area (TPSA) is 101 Å². The van der Waals surface area contributed by atoms with E-state index in [1.165, 1.54) is 30.6 Å². The number of aryl methyl sites for hydroxylation is 1. The van der Waals surface area contributed by atoms with Gasteiger partial charge in [-0.1, -0.05) is 6.92 Å². The molecule has 2 aromatic rings. The van der Waals surface area contributed by atoms with Gasteiger partial charge in [0.05, 0.1) is 10.3 Å². The molecular formula is C23H28N4O3S3. The van der Waals surface area contributed by atoms with E-state index in [1.54, 1.807) is 24.3 Å². The third-order valence-corrected chi connectivity index (χ3v) is 10.4. The fourth-order valence-electron chi connectivity index (χ4n) is 6.27.